The second-order valence-corrected chi connectivity index (χ2v) is 8.25. The predicted molar refractivity (Wildman–Crippen MR) is 127 cm³/mol. The van der Waals surface area contributed by atoms with E-state index in [9.17, 15) is 9.59 Å². The number of anilines is 1. The van der Waals surface area contributed by atoms with Crippen LogP contribution >= 0.6 is 34.8 Å². The van der Waals surface area contributed by atoms with Crippen molar-refractivity contribution in [1.29, 1.82) is 0 Å². The summed E-state index contributed by atoms with van der Waals surface area (Å²) in [5, 5.41) is 8.64. The molecule has 2 amide bonds. The first-order chi connectivity index (χ1) is 14.5. The van der Waals surface area contributed by atoms with Gasteiger partial charge in [0.05, 0.1) is 16.8 Å². The smallest absolute Gasteiger partial charge is 0.257 e. The van der Waals surface area contributed by atoms with Crippen molar-refractivity contribution in [2.75, 3.05) is 25.6 Å². The Morgan fingerprint density at radius 2 is 1.90 bits per heavy atom. The van der Waals surface area contributed by atoms with Crippen LogP contribution in [0.2, 0.25) is 0 Å². The average Bonchev–Trinajstić information content (AvgIpc) is 3.26. The van der Waals surface area contributed by atoms with E-state index < -0.39 is 0 Å². The lowest BCUT2D eigenvalue weighted by Gasteiger charge is -2.12. The van der Waals surface area contributed by atoms with Gasteiger partial charge in [0, 0.05) is 30.0 Å². The van der Waals surface area contributed by atoms with Crippen molar-refractivity contribution in [3.8, 4) is 5.75 Å². The van der Waals surface area contributed by atoms with E-state index in [4.69, 9.17) is 21.7 Å². The van der Waals surface area contributed by atoms with Gasteiger partial charge in [-0.15, -0.1) is 0 Å². The van der Waals surface area contributed by atoms with Crippen LogP contribution in [0.25, 0.3) is 0 Å². The Morgan fingerprint density at radius 1 is 1.17 bits per heavy atom. The SMILES string of the molecule is COc1ccc(C(=O)NC(=S)Nc2ccc(C(=O)NCC3CCCO3)cc2)cc1I. The van der Waals surface area contributed by atoms with Crippen LogP contribution < -0.4 is 20.7 Å². The van der Waals surface area contributed by atoms with Crippen LogP contribution in [0.15, 0.2) is 42.5 Å². The number of ether oxygens (including phenoxy) is 2. The summed E-state index contributed by atoms with van der Waals surface area (Å²) in [7, 11) is 1.58. The van der Waals surface area contributed by atoms with E-state index >= 15 is 0 Å². The molecule has 0 aliphatic carbocycles. The number of hydrogen-bond acceptors (Lipinski definition) is 5. The van der Waals surface area contributed by atoms with Crippen molar-refractivity contribution in [2.24, 2.45) is 0 Å². The van der Waals surface area contributed by atoms with Crippen molar-refractivity contribution in [2.45, 2.75) is 18.9 Å². The molecular formula is C21H22IN3O4S. The van der Waals surface area contributed by atoms with Crippen molar-refractivity contribution in [3.05, 3.63) is 57.2 Å². The van der Waals surface area contributed by atoms with Gasteiger partial charge in [0.2, 0.25) is 0 Å². The van der Waals surface area contributed by atoms with Gasteiger partial charge in [-0.1, -0.05) is 0 Å². The summed E-state index contributed by atoms with van der Waals surface area (Å²) in [4.78, 5) is 24.6. The summed E-state index contributed by atoms with van der Waals surface area (Å²) >= 11 is 7.32. The summed E-state index contributed by atoms with van der Waals surface area (Å²) < 4.78 is 11.5. The molecule has 7 nitrogen and oxygen atoms in total. The molecule has 0 spiro atoms. The number of nitrogens with one attached hydrogen (secondary N) is 3. The first kappa shape index (κ1) is 22.4. The summed E-state index contributed by atoms with van der Waals surface area (Å²) in [6.45, 7) is 1.27. The first-order valence-electron chi connectivity index (χ1n) is 9.42. The van der Waals surface area contributed by atoms with E-state index in [2.05, 4.69) is 38.5 Å². The van der Waals surface area contributed by atoms with Crippen LogP contribution in [-0.4, -0.2) is 43.3 Å². The van der Waals surface area contributed by atoms with Gasteiger partial charge >= 0.3 is 0 Å². The first-order valence-corrected chi connectivity index (χ1v) is 10.9. The van der Waals surface area contributed by atoms with E-state index in [0.717, 1.165) is 23.0 Å². The van der Waals surface area contributed by atoms with Crippen LogP contribution in [0.5, 0.6) is 5.75 Å². The Kier molecular flexibility index (Phi) is 8.00. The highest BCUT2D eigenvalue weighted by Crippen LogP contribution is 2.21. The molecule has 3 N–H and O–H groups in total. The molecule has 1 unspecified atom stereocenters. The van der Waals surface area contributed by atoms with E-state index in [1.54, 1.807) is 49.6 Å². The van der Waals surface area contributed by atoms with E-state index in [-0.39, 0.29) is 23.0 Å². The number of rotatable bonds is 6. The summed E-state index contributed by atoms with van der Waals surface area (Å²) in [5.74, 6) is 0.230. The zero-order valence-corrected chi connectivity index (χ0v) is 19.3. The predicted octanol–water partition coefficient (Wildman–Crippen LogP) is 3.34. The monoisotopic (exact) mass is 539 g/mol. The zero-order chi connectivity index (χ0) is 21.5. The quantitative estimate of drug-likeness (QED) is 0.386. The number of methoxy groups -OCH3 is 1. The fraction of sp³-hybridized carbons (Fsp3) is 0.286. The number of benzene rings is 2. The lowest BCUT2D eigenvalue weighted by molar-refractivity contribution is 0.0857. The topological polar surface area (TPSA) is 88.7 Å². The minimum absolute atomic E-state index is 0.102. The van der Waals surface area contributed by atoms with Gasteiger partial charge in [0.1, 0.15) is 5.75 Å². The molecule has 1 heterocycles. The van der Waals surface area contributed by atoms with Gasteiger partial charge in [-0.3, -0.25) is 14.9 Å². The van der Waals surface area contributed by atoms with Gasteiger partial charge < -0.3 is 20.1 Å². The van der Waals surface area contributed by atoms with Gasteiger partial charge in [-0.25, -0.2) is 0 Å². The summed E-state index contributed by atoms with van der Waals surface area (Å²) in [6.07, 6.45) is 2.11. The molecule has 0 saturated carbocycles. The molecule has 30 heavy (non-hydrogen) atoms. The van der Waals surface area contributed by atoms with E-state index in [0.29, 0.717) is 29.1 Å². The third-order valence-electron chi connectivity index (χ3n) is 4.56. The fourth-order valence-corrected chi connectivity index (χ4v) is 3.91. The average molecular weight is 539 g/mol. The minimum atomic E-state index is -0.321. The Balaban J connectivity index is 1.50. The molecule has 1 aliphatic rings. The molecule has 2 aromatic carbocycles. The maximum atomic E-state index is 12.4. The van der Waals surface area contributed by atoms with Crippen LogP contribution in [0.4, 0.5) is 5.69 Å². The molecule has 0 aromatic heterocycles. The standard InChI is InChI=1S/C21H22IN3O4S/c1-28-18-9-6-14(11-17(18)22)20(27)25-21(30)24-15-7-4-13(5-8-15)19(26)23-12-16-3-2-10-29-16/h4-9,11,16H,2-3,10,12H2,1H3,(H,23,26)(H2,24,25,27,30). The van der Waals surface area contributed by atoms with E-state index in [1.165, 1.54) is 0 Å². The van der Waals surface area contributed by atoms with Gasteiger partial charge in [-0.05, 0) is 90.1 Å². The molecule has 1 atom stereocenters. The summed E-state index contributed by atoms with van der Waals surface area (Å²) in [5.41, 5.74) is 1.68. The summed E-state index contributed by atoms with van der Waals surface area (Å²) in [6, 6.07) is 12.0. The zero-order valence-electron chi connectivity index (χ0n) is 16.4. The van der Waals surface area contributed by atoms with Gasteiger partial charge in [-0.2, -0.15) is 0 Å². The third kappa shape index (κ3) is 6.13. The Morgan fingerprint density at radius 3 is 2.53 bits per heavy atom. The van der Waals surface area contributed by atoms with Crippen molar-refractivity contribution >= 4 is 57.4 Å². The second-order valence-electron chi connectivity index (χ2n) is 6.68. The molecule has 0 bridgehead atoms. The van der Waals surface area contributed by atoms with Crippen molar-refractivity contribution in [1.82, 2.24) is 10.6 Å². The van der Waals surface area contributed by atoms with E-state index in [1.807, 2.05) is 0 Å². The second kappa shape index (κ2) is 10.7. The molecule has 1 aliphatic heterocycles. The molecule has 158 valence electrons. The van der Waals surface area contributed by atoms with Crippen LogP contribution in [0, 0.1) is 3.57 Å². The molecule has 9 heteroatoms. The number of halogens is 1. The highest BCUT2D eigenvalue weighted by molar-refractivity contribution is 14.1. The van der Waals surface area contributed by atoms with Gasteiger partial charge in [0.15, 0.2) is 5.11 Å². The highest BCUT2D eigenvalue weighted by atomic mass is 127. The Labute approximate surface area is 194 Å². The largest absolute Gasteiger partial charge is 0.496 e. The third-order valence-corrected chi connectivity index (χ3v) is 5.61. The molecule has 1 fully saturated rings. The molecule has 0 radical (unpaired) electrons. The Hall–Kier alpha value is -2.24. The van der Waals surface area contributed by atoms with Crippen LogP contribution in [0.3, 0.4) is 0 Å². The molecular weight excluding hydrogens is 517 g/mol. The minimum Gasteiger partial charge on any atom is -0.496 e. The van der Waals surface area contributed by atoms with Crippen molar-refractivity contribution in [3.63, 3.8) is 0 Å². The maximum Gasteiger partial charge on any atom is 0.257 e. The van der Waals surface area contributed by atoms with Crippen molar-refractivity contribution < 1.29 is 19.1 Å². The number of amides is 2. The maximum absolute atomic E-state index is 12.4. The molecule has 2 aromatic rings. The van der Waals surface area contributed by atoms with Crippen LogP contribution in [0.1, 0.15) is 33.6 Å². The lowest BCUT2D eigenvalue weighted by Crippen LogP contribution is -2.34. The van der Waals surface area contributed by atoms with Gasteiger partial charge in [0.25, 0.3) is 11.8 Å². The number of thiocarbonyl (C=S) groups is 1. The molecule has 3 rings (SSSR count). The lowest BCUT2D eigenvalue weighted by atomic mass is 10.2. The normalized spacial score (nSPS) is 15.3. The fourth-order valence-electron chi connectivity index (χ4n) is 2.96. The highest BCUT2D eigenvalue weighted by Gasteiger charge is 2.16. The number of hydrogen-bond donors (Lipinski definition) is 3. The number of carbonyl (C=O) groups excluding carboxylic acids is 2. The molecule has 1 saturated heterocycles. The van der Waals surface area contributed by atoms with Crippen LogP contribution in [-0.2, 0) is 4.74 Å². The Bertz CT molecular complexity index is 930. The number of carbonyl (C=O) groups is 2.